The van der Waals surface area contributed by atoms with Crippen molar-refractivity contribution in [2.75, 3.05) is 14.7 Å². The number of pyridine rings is 1. The topological polar surface area (TPSA) is 41.1 Å². The van der Waals surface area contributed by atoms with Crippen LogP contribution in [0.5, 0.6) is 23.0 Å². The molecule has 0 unspecified atom stereocenters. The monoisotopic (exact) mass is 890 g/mol. The van der Waals surface area contributed by atoms with Crippen molar-refractivity contribution in [2.45, 2.75) is 0 Å². The van der Waals surface area contributed by atoms with Gasteiger partial charge in [-0.1, -0.05) is 109 Å². The molecule has 0 saturated carbocycles. The third-order valence-corrected chi connectivity index (χ3v) is 9.59. The third-order valence-electron chi connectivity index (χ3n) is 9.59. The van der Waals surface area contributed by atoms with Crippen LogP contribution in [0.1, 0.15) is 0 Å². The number of hydrogen-bond acceptors (Lipinski definition) is 6. The van der Waals surface area contributed by atoms with Crippen LogP contribution < -0.4 is 24.2 Å². The average molecular weight is 891 g/mol. The zero-order valence-electron chi connectivity index (χ0n) is 29.3. The van der Waals surface area contributed by atoms with Gasteiger partial charge in [0.25, 0.3) is 0 Å². The van der Waals surface area contributed by atoms with Crippen LogP contribution in [-0.2, 0) is 21.1 Å². The maximum atomic E-state index is 6.50. The first kappa shape index (κ1) is 34.2. The summed E-state index contributed by atoms with van der Waals surface area (Å²) in [6.07, 6.45) is 1.77. The molecule has 2 aliphatic heterocycles. The number of nitrogens with zero attached hydrogens (tertiary/aromatic N) is 4. The quantitative estimate of drug-likeness (QED) is 0.149. The molecule has 6 nitrogen and oxygen atoms in total. The van der Waals surface area contributed by atoms with E-state index in [1.807, 2.05) is 71.6 Å². The van der Waals surface area contributed by atoms with Gasteiger partial charge in [0.1, 0.15) is 0 Å². The minimum atomic E-state index is 0. The van der Waals surface area contributed by atoms with Crippen molar-refractivity contribution in [2.24, 2.45) is 0 Å². The van der Waals surface area contributed by atoms with Gasteiger partial charge in [0.05, 0.1) is 5.69 Å². The minimum Gasteiger partial charge on any atom is -0.509 e. The molecule has 3 heterocycles. The van der Waals surface area contributed by atoms with Gasteiger partial charge in [-0.15, -0.1) is 48.8 Å². The molecule has 0 saturated heterocycles. The number of anilines is 7. The van der Waals surface area contributed by atoms with E-state index in [2.05, 4.69) is 143 Å². The second-order valence-corrected chi connectivity index (χ2v) is 12.9. The third kappa shape index (κ3) is 6.31. The molecule has 10 rings (SSSR count). The van der Waals surface area contributed by atoms with E-state index in [-0.39, 0.29) is 21.1 Å². The van der Waals surface area contributed by atoms with Crippen LogP contribution in [-0.4, -0.2) is 4.98 Å². The number of hydrogen-bond donors (Lipinski definition) is 0. The van der Waals surface area contributed by atoms with Crippen LogP contribution in [0.25, 0.3) is 22.3 Å². The summed E-state index contributed by atoms with van der Waals surface area (Å²) in [6, 6.07) is 66.7. The average Bonchev–Trinajstić information content (AvgIpc) is 3.63. The molecule has 0 bridgehead atoms. The number of benzene rings is 7. The molecule has 8 aromatic rings. The van der Waals surface area contributed by atoms with Gasteiger partial charge in [-0.3, -0.25) is 0 Å². The Morgan fingerprint density at radius 1 is 0.491 bits per heavy atom. The molecule has 268 valence electrons. The molecule has 0 radical (unpaired) electrons. The van der Waals surface area contributed by atoms with Crippen molar-refractivity contribution in [3.8, 4) is 45.3 Å². The van der Waals surface area contributed by atoms with Gasteiger partial charge in [-0.2, -0.15) is 12.1 Å². The summed E-state index contributed by atoms with van der Waals surface area (Å²) in [5.74, 6) is 3.24. The van der Waals surface area contributed by atoms with Gasteiger partial charge in [0, 0.05) is 67.0 Å². The maximum absolute atomic E-state index is 6.50. The first-order valence-electron chi connectivity index (χ1n) is 17.8. The van der Waals surface area contributed by atoms with E-state index in [9.17, 15) is 0 Å². The van der Waals surface area contributed by atoms with Crippen LogP contribution in [0, 0.1) is 18.8 Å². The Morgan fingerprint density at radius 3 is 1.73 bits per heavy atom. The molecule has 7 aromatic carbocycles. The van der Waals surface area contributed by atoms with Crippen molar-refractivity contribution in [1.82, 2.24) is 4.98 Å². The number of rotatable bonds is 7. The summed E-state index contributed by atoms with van der Waals surface area (Å²) in [6.45, 7) is 2.15. The first-order chi connectivity index (χ1) is 26.8. The smallest absolute Gasteiger partial charge is 0.179 e. The van der Waals surface area contributed by atoms with Gasteiger partial charge in [0.2, 0.25) is 0 Å². The van der Waals surface area contributed by atoms with E-state index >= 15 is 0 Å². The van der Waals surface area contributed by atoms with E-state index in [1.165, 1.54) is 0 Å². The molecule has 55 heavy (non-hydrogen) atoms. The molecular formula is C48H31N4O2Pt-3. The Labute approximate surface area is 334 Å². The fraction of sp³-hybridized carbons (Fsp3) is 0. The van der Waals surface area contributed by atoms with Crippen molar-refractivity contribution in [3.63, 3.8) is 0 Å². The van der Waals surface area contributed by atoms with Gasteiger partial charge >= 0.3 is 0 Å². The standard InChI is InChI=1S/C48H31N4O2.Pt/c1-3-15-34(16-4-1)40-23-13-24-41(35-17-5-2-6-18-35)47(40)51-33-50(42-25-7-8-26-43(42)51)36-19-11-21-38(31-36)53-39-22-12-20-37(32-39)52-44-27-9-10-28-45(44)54-46-29-14-30-49-48(46)52;/h1-30,33H;/q-3;. The maximum Gasteiger partial charge on any atom is 0.179 e. The normalized spacial score (nSPS) is 12.5. The van der Waals surface area contributed by atoms with E-state index in [0.717, 1.165) is 62.1 Å². The summed E-state index contributed by atoms with van der Waals surface area (Å²) in [5, 5.41) is 0. The van der Waals surface area contributed by atoms with Gasteiger partial charge in [-0.05, 0) is 47.5 Å². The van der Waals surface area contributed by atoms with Gasteiger partial charge < -0.3 is 24.2 Å². The van der Waals surface area contributed by atoms with Crippen molar-refractivity contribution in [1.29, 1.82) is 0 Å². The largest absolute Gasteiger partial charge is 0.509 e. The van der Waals surface area contributed by atoms with Crippen LogP contribution in [0.4, 0.5) is 39.9 Å². The number of aromatic nitrogens is 1. The molecule has 0 atom stereocenters. The van der Waals surface area contributed by atoms with E-state index in [0.29, 0.717) is 23.1 Å². The van der Waals surface area contributed by atoms with Crippen LogP contribution in [0.3, 0.4) is 0 Å². The van der Waals surface area contributed by atoms with Crippen LogP contribution in [0.2, 0.25) is 0 Å². The Balaban J connectivity index is 0.00000397. The molecule has 0 amide bonds. The summed E-state index contributed by atoms with van der Waals surface area (Å²) >= 11 is 0. The Bertz CT molecular complexity index is 2530. The minimum absolute atomic E-state index is 0. The SMILES string of the molecule is [Pt].[c-]1c(Oc2[c-]c(N3c4ccccc4Oc4cccnc43)ccc2)cccc1N1[CH-]N(c2c(-c3ccccc3)cccc2-c2ccccc2)c2ccccc21. The molecule has 7 heteroatoms. The second-order valence-electron chi connectivity index (χ2n) is 12.9. The predicted octanol–water partition coefficient (Wildman–Crippen LogP) is 12.8. The van der Waals surface area contributed by atoms with E-state index < -0.39 is 0 Å². The predicted molar refractivity (Wildman–Crippen MR) is 216 cm³/mol. The van der Waals surface area contributed by atoms with E-state index in [1.54, 1.807) is 6.20 Å². The Hall–Kier alpha value is -6.62. The molecule has 1 aromatic heterocycles. The van der Waals surface area contributed by atoms with Crippen LogP contribution in [0.15, 0.2) is 182 Å². The fourth-order valence-electron chi connectivity index (χ4n) is 7.20. The zero-order chi connectivity index (χ0) is 35.8. The van der Waals surface area contributed by atoms with Crippen molar-refractivity contribution >= 4 is 39.9 Å². The summed E-state index contributed by atoms with van der Waals surface area (Å²) in [5.41, 5.74) is 10.3. The van der Waals surface area contributed by atoms with Crippen LogP contribution >= 0.6 is 0 Å². The molecular weight excluding hydrogens is 860 g/mol. The zero-order valence-corrected chi connectivity index (χ0v) is 31.6. The molecule has 0 aliphatic carbocycles. The molecule has 0 fully saturated rings. The van der Waals surface area contributed by atoms with Gasteiger partial charge in [0.15, 0.2) is 17.3 Å². The molecule has 0 spiro atoms. The fourth-order valence-corrected chi connectivity index (χ4v) is 7.20. The number of fused-ring (bicyclic) bond motifs is 3. The van der Waals surface area contributed by atoms with Crippen molar-refractivity contribution in [3.05, 3.63) is 201 Å². The van der Waals surface area contributed by atoms with Gasteiger partial charge in [-0.25, -0.2) is 4.98 Å². The molecule has 0 N–H and O–H groups in total. The Morgan fingerprint density at radius 2 is 1.04 bits per heavy atom. The van der Waals surface area contributed by atoms with Crippen molar-refractivity contribution < 1.29 is 30.5 Å². The summed E-state index contributed by atoms with van der Waals surface area (Å²) in [7, 11) is 0. The second kappa shape index (κ2) is 14.7. The molecule has 2 aliphatic rings. The number of para-hydroxylation sites is 5. The summed E-state index contributed by atoms with van der Waals surface area (Å²) < 4.78 is 12.7. The Kier molecular flexibility index (Phi) is 9.11. The number of ether oxygens (including phenoxy) is 2. The first-order valence-corrected chi connectivity index (χ1v) is 17.8. The summed E-state index contributed by atoms with van der Waals surface area (Å²) in [4.78, 5) is 11.2. The van der Waals surface area contributed by atoms with E-state index in [4.69, 9.17) is 9.47 Å².